The number of benzene rings is 2. The van der Waals surface area contributed by atoms with Gasteiger partial charge < -0.3 is 0 Å². The second kappa shape index (κ2) is 16.3. The summed E-state index contributed by atoms with van der Waals surface area (Å²) in [5.41, 5.74) is 2.05. The molecule has 2 aromatic rings. The van der Waals surface area contributed by atoms with Crippen molar-refractivity contribution in [3.63, 3.8) is 0 Å². The predicted octanol–water partition coefficient (Wildman–Crippen LogP) is 1.84. The molecule has 0 radical (unpaired) electrons. The third kappa shape index (κ3) is 10.3. The van der Waals surface area contributed by atoms with E-state index in [2.05, 4.69) is 29.7 Å². The zero-order chi connectivity index (χ0) is 24.1. The van der Waals surface area contributed by atoms with Crippen molar-refractivity contribution >= 4 is 0 Å². The molecule has 0 N–H and O–H groups in total. The number of hydrogen-bond acceptors (Lipinski definition) is 6. The van der Waals surface area contributed by atoms with Crippen molar-refractivity contribution in [3.05, 3.63) is 86.5 Å². The van der Waals surface area contributed by atoms with Crippen molar-refractivity contribution in [1.82, 2.24) is 15.0 Å². The molecule has 2 aromatic carbocycles. The first kappa shape index (κ1) is 29.7. The van der Waals surface area contributed by atoms with E-state index < -0.39 is 6.04 Å². The first-order valence-electron chi connectivity index (χ1n) is 11.3. The van der Waals surface area contributed by atoms with Crippen LogP contribution in [0.3, 0.4) is 0 Å². The van der Waals surface area contributed by atoms with Gasteiger partial charge >= 0.3 is 29.6 Å². The molecule has 0 heterocycles. The van der Waals surface area contributed by atoms with Gasteiger partial charge in [-0.15, -0.1) is 14.7 Å². The number of nitrogens with zero attached hydrogens (tertiary/aromatic N) is 6. The molecule has 9 nitrogen and oxygen atoms in total. The predicted molar refractivity (Wildman–Crippen MR) is 131 cm³/mol. The van der Waals surface area contributed by atoms with Gasteiger partial charge in [-0.1, -0.05) is 74.5 Å². The van der Waals surface area contributed by atoms with E-state index in [1.165, 1.54) is 15.0 Å². The minimum absolute atomic E-state index is 0. The fourth-order valence-electron chi connectivity index (χ4n) is 3.78. The molecule has 2 atom stereocenters. The van der Waals surface area contributed by atoms with Crippen LogP contribution in [0.15, 0.2) is 76.5 Å². The van der Waals surface area contributed by atoms with Crippen LogP contribution in [0.5, 0.6) is 0 Å². The zero-order valence-electron chi connectivity index (χ0n) is 20.7. The first-order chi connectivity index (χ1) is 16.0. The molecule has 0 saturated carbocycles. The van der Waals surface area contributed by atoms with Crippen molar-refractivity contribution < 1.29 is 29.6 Å². The summed E-state index contributed by atoms with van der Waals surface area (Å²) in [6.07, 6.45) is 1.85. The third-order valence-electron chi connectivity index (χ3n) is 5.63. The molecule has 0 fully saturated rings. The summed E-state index contributed by atoms with van der Waals surface area (Å²) in [4.78, 5) is 34.8. The Kier molecular flexibility index (Phi) is 14.2. The maximum absolute atomic E-state index is 12.0. The average Bonchev–Trinajstić information content (AvgIpc) is 2.83. The van der Waals surface area contributed by atoms with Crippen molar-refractivity contribution in [2.45, 2.75) is 45.2 Å². The van der Waals surface area contributed by atoms with Gasteiger partial charge in [0.25, 0.3) is 0 Å². The van der Waals surface area contributed by atoms with Crippen LogP contribution in [0.1, 0.15) is 31.4 Å². The van der Waals surface area contributed by atoms with Gasteiger partial charge in [0.15, 0.2) is 0 Å². The molecule has 2 rings (SSSR count). The minimum Gasteiger partial charge on any atom is -0.262 e. The number of nitroso groups, excluding NO2 is 3. The number of hydrogen-bond donors (Lipinski definition) is 0. The Labute approximate surface area is 224 Å². The SMILES string of the molecule is CC(C)CCN(N=O)C(Cc1ccccc1)CN(N=O)C(Cc1ccccc1)CN(C)N=O.[Na+]. The molecule has 0 aliphatic rings. The normalized spacial score (nSPS) is 12.2. The van der Waals surface area contributed by atoms with Crippen LogP contribution < -0.4 is 29.6 Å². The molecule has 10 heteroatoms. The largest absolute Gasteiger partial charge is 1.00 e. The summed E-state index contributed by atoms with van der Waals surface area (Å²) in [5.74, 6) is 0.407. The van der Waals surface area contributed by atoms with Gasteiger partial charge in [-0.2, -0.15) is 0 Å². The van der Waals surface area contributed by atoms with Gasteiger partial charge in [-0.3, -0.25) is 15.0 Å². The van der Waals surface area contributed by atoms with E-state index in [9.17, 15) is 14.7 Å². The van der Waals surface area contributed by atoms with Gasteiger partial charge in [0, 0.05) is 13.6 Å². The summed E-state index contributed by atoms with van der Waals surface area (Å²) < 4.78 is 0. The standard InChI is InChI=1S/C24H34N6O3.Na/c1-20(2)14-15-29(26-32)24(17-22-12-8-5-9-13-22)19-30(27-33)23(18-28(3)25-31)16-21-10-6-4-7-11-21;/h4-13,20,23-24H,14-19H2,1-3H3;/q;+1. The Morgan fingerprint density at radius 2 is 1.18 bits per heavy atom. The van der Waals surface area contributed by atoms with E-state index in [1.54, 1.807) is 7.05 Å². The van der Waals surface area contributed by atoms with E-state index in [1.807, 2.05) is 60.7 Å². The van der Waals surface area contributed by atoms with Crippen LogP contribution in [-0.4, -0.2) is 53.8 Å². The Bertz CT molecular complexity index is 843. The van der Waals surface area contributed by atoms with Gasteiger partial charge in [0.2, 0.25) is 0 Å². The molecular formula is C24H34N6NaO3+. The molecule has 0 saturated heterocycles. The second-order valence-corrected chi connectivity index (χ2v) is 8.74. The summed E-state index contributed by atoms with van der Waals surface area (Å²) in [6, 6.07) is 18.8. The van der Waals surface area contributed by atoms with Crippen molar-refractivity contribution in [1.29, 1.82) is 0 Å². The van der Waals surface area contributed by atoms with Crippen LogP contribution in [0.4, 0.5) is 0 Å². The first-order valence-corrected chi connectivity index (χ1v) is 11.3. The average molecular weight is 478 g/mol. The van der Waals surface area contributed by atoms with Gasteiger partial charge in [0.05, 0.1) is 41.0 Å². The molecule has 2 unspecified atom stereocenters. The van der Waals surface area contributed by atoms with E-state index in [0.717, 1.165) is 17.5 Å². The Morgan fingerprint density at radius 3 is 1.59 bits per heavy atom. The maximum atomic E-state index is 12.0. The molecule has 0 spiro atoms. The second-order valence-electron chi connectivity index (χ2n) is 8.74. The van der Waals surface area contributed by atoms with E-state index in [-0.39, 0.29) is 48.7 Å². The van der Waals surface area contributed by atoms with Crippen LogP contribution in [0.2, 0.25) is 0 Å². The molecule has 178 valence electrons. The minimum atomic E-state index is -0.399. The Balaban J connectivity index is 0.00000578. The summed E-state index contributed by atoms with van der Waals surface area (Å²) >= 11 is 0. The van der Waals surface area contributed by atoms with Crippen LogP contribution in [-0.2, 0) is 12.8 Å². The third-order valence-corrected chi connectivity index (χ3v) is 5.63. The summed E-state index contributed by atoms with van der Waals surface area (Å²) in [6.45, 7) is 5.10. The molecule has 34 heavy (non-hydrogen) atoms. The maximum Gasteiger partial charge on any atom is 1.00 e. The van der Waals surface area contributed by atoms with Crippen molar-refractivity contribution in [2.24, 2.45) is 21.8 Å². The monoisotopic (exact) mass is 477 g/mol. The number of likely N-dealkylation sites (N-methyl/N-ethyl adjacent to an activating group) is 1. The van der Waals surface area contributed by atoms with Gasteiger partial charge in [0.1, 0.15) is 0 Å². The van der Waals surface area contributed by atoms with E-state index in [0.29, 0.717) is 25.3 Å². The number of rotatable bonds is 16. The Morgan fingerprint density at radius 1 is 0.706 bits per heavy atom. The van der Waals surface area contributed by atoms with Crippen LogP contribution >= 0.6 is 0 Å². The molecule has 0 aliphatic carbocycles. The van der Waals surface area contributed by atoms with Crippen molar-refractivity contribution in [3.8, 4) is 0 Å². The zero-order valence-corrected chi connectivity index (χ0v) is 22.7. The summed E-state index contributed by atoms with van der Waals surface area (Å²) in [7, 11) is 1.57. The van der Waals surface area contributed by atoms with Crippen molar-refractivity contribution in [2.75, 3.05) is 26.7 Å². The van der Waals surface area contributed by atoms with Crippen LogP contribution in [0.25, 0.3) is 0 Å². The fourth-order valence-corrected chi connectivity index (χ4v) is 3.78. The van der Waals surface area contributed by atoms with Crippen LogP contribution in [0, 0.1) is 20.6 Å². The molecular weight excluding hydrogens is 443 g/mol. The Hall–Kier alpha value is -2.36. The molecule has 0 aromatic heterocycles. The smallest absolute Gasteiger partial charge is 0.262 e. The van der Waals surface area contributed by atoms with E-state index >= 15 is 0 Å². The molecule has 0 amide bonds. The van der Waals surface area contributed by atoms with Gasteiger partial charge in [-0.05, 0) is 36.3 Å². The molecule has 0 bridgehead atoms. The van der Waals surface area contributed by atoms with E-state index in [4.69, 9.17) is 0 Å². The topological polar surface area (TPSA) is 98.0 Å². The molecule has 0 aliphatic heterocycles. The fraction of sp³-hybridized carbons (Fsp3) is 0.500. The summed E-state index contributed by atoms with van der Waals surface area (Å²) in [5, 5.41) is 13.8. The quantitative estimate of drug-likeness (QED) is 0.208. The van der Waals surface area contributed by atoms with Gasteiger partial charge in [-0.25, -0.2) is 0 Å².